The number of carbonyl (C=O) groups excluding carboxylic acids is 1. The van der Waals surface area contributed by atoms with Crippen molar-refractivity contribution >= 4 is 21.6 Å². The normalized spacial score (nSPS) is 15.8. The number of sulfonamides is 1. The summed E-state index contributed by atoms with van der Waals surface area (Å²) in [6, 6.07) is 4.81. The van der Waals surface area contributed by atoms with Crippen LogP contribution in [-0.2, 0) is 14.8 Å². The number of non-ortho nitro benzene ring substituents is 1. The number of piperidine rings is 1. The van der Waals surface area contributed by atoms with Crippen LogP contribution in [0.4, 0.5) is 5.69 Å². The predicted molar refractivity (Wildman–Crippen MR) is 86.9 cm³/mol. The molecular weight excluding hydrogens is 336 g/mol. The molecule has 0 spiro atoms. The summed E-state index contributed by atoms with van der Waals surface area (Å²) in [5.41, 5.74) is -0.294. The number of nitro benzene ring substituents is 1. The van der Waals surface area contributed by atoms with Gasteiger partial charge in [0.1, 0.15) is 0 Å². The van der Waals surface area contributed by atoms with Crippen molar-refractivity contribution in [1.29, 1.82) is 0 Å². The van der Waals surface area contributed by atoms with Crippen molar-refractivity contribution in [2.45, 2.75) is 17.7 Å². The third kappa shape index (κ3) is 4.98. The molecule has 1 aromatic rings. The smallest absolute Gasteiger partial charge is 0.270 e. The van der Waals surface area contributed by atoms with Gasteiger partial charge in [-0.2, -0.15) is 0 Å². The van der Waals surface area contributed by atoms with Crippen molar-refractivity contribution in [3.8, 4) is 0 Å². The van der Waals surface area contributed by atoms with E-state index in [-0.39, 0.29) is 35.5 Å². The highest BCUT2D eigenvalue weighted by molar-refractivity contribution is 7.89. The third-order valence-electron chi connectivity index (χ3n) is 3.76. The van der Waals surface area contributed by atoms with Gasteiger partial charge in [-0.15, -0.1) is 0 Å². The van der Waals surface area contributed by atoms with Crippen molar-refractivity contribution in [3.63, 3.8) is 0 Å². The summed E-state index contributed by atoms with van der Waals surface area (Å²) in [5.74, 6) is -0.120. The van der Waals surface area contributed by atoms with Crippen LogP contribution >= 0.6 is 0 Å². The Morgan fingerprint density at radius 3 is 2.67 bits per heavy atom. The van der Waals surface area contributed by atoms with Crippen LogP contribution in [0.3, 0.4) is 0 Å². The second-order valence-corrected chi connectivity index (χ2v) is 7.23. The van der Waals surface area contributed by atoms with E-state index in [4.69, 9.17) is 0 Å². The van der Waals surface area contributed by atoms with Crippen molar-refractivity contribution in [1.82, 2.24) is 15.4 Å². The molecule has 3 N–H and O–H groups in total. The van der Waals surface area contributed by atoms with Crippen molar-refractivity contribution in [2.24, 2.45) is 5.92 Å². The monoisotopic (exact) mass is 356 g/mol. The van der Waals surface area contributed by atoms with Gasteiger partial charge in [-0.05, 0) is 32.0 Å². The van der Waals surface area contributed by atoms with Crippen LogP contribution in [-0.4, -0.2) is 45.4 Å². The fraction of sp³-hybridized carbons (Fsp3) is 0.500. The highest BCUT2D eigenvalue weighted by atomic mass is 32.2. The lowest BCUT2D eigenvalue weighted by Crippen LogP contribution is -2.41. The molecule has 0 aliphatic carbocycles. The topological polar surface area (TPSA) is 130 Å². The average Bonchev–Trinajstić information content (AvgIpc) is 2.59. The highest BCUT2D eigenvalue weighted by Crippen LogP contribution is 2.17. The van der Waals surface area contributed by atoms with Crippen molar-refractivity contribution in [2.75, 3.05) is 26.2 Å². The Morgan fingerprint density at radius 1 is 1.29 bits per heavy atom. The van der Waals surface area contributed by atoms with Crippen LogP contribution in [0.1, 0.15) is 12.8 Å². The maximum atomic E-state index is 12.1. The van der Waals surface area contributed by atoms with Crippen LogP contribution < -0.4 is 15.4 Å². The lowest BCUT2D eigenvalue weighted by molar-refractivity contribution is -0.385. The van der Waals surface area contributed by atoms with Gasteiger partial charge in [0.2, 0.25) is 15.9 Å². The summed E-state index contributed by atoms with van der Waals surface area (Å²) < 4.78 is 26.5. The molecule has 1 saturated heterocycles. The number of nitrogens with one attached hydrogen (secondary N) is 3. The summed E-state index contributed by atoms with van der Waals surface area (Å²) in [7, 11) is -3.85. The highest BCUT2D eigenvalue weighted by Gasteiger charge is 2.21. The maximum absolute atomic E-state index is 12.1. The molecule has 0 saturated carbocycles. The zero-order chi connectivity index (χ0) is 17.6. The molecule has 2 rings (SSSR count). The minimum absolute atomic E-state index is 0.0156. The van der Waals surface area contributed by atoms with Gasteiger partial charge >= 0.3 is 0 Å². The van der Waals surface area contributed by atoms with Crippen LogP contribution in [0.25, 0.3) is 0 Å². The molecule has 0 bridgehead atoms. The molecule has 0 unspecified atom stereocenters. The van der Waals surface area contributed by atoms with Gasteiger partial charge in [-0.3, -0.25) is 14.9 Å². The first-order valence-corrected chi connectivity index (χ1v) is 9.11. The molecule has 24 heavy (non-hydrogen) atoms. The number of hydrogen-bond donors (Lipinski definition) is 3. The zero-order valence-corrected chi connectivity index (χ0v) is 13.8. The Hall–Kier alpha value is -2.04. The van der Waals surface area contributed by atoms with Crippen LogP contribution in [0.2, 0.25) is 0 Å². The van der Waals surface area contributed by atoms with E-state index in [1.165, 1.54) is 18.2 Å². The number of nitrogens with zero attached hydrogens (tertiary/aromatic N) is 1. The minimum Gasteiger partial charge on any atom is -0.355 e. The molecule has 1 aliphatic rings. The van der Waals surface area contributed by atoms with E-state index in [9.17, 15) is 23.3 Å². The molecular formula is C14H20N4O5S. The number of benzene rings is 1. The first-order valence-electron chi connectivity index (χ1n) is 7.63. The van der Waals surface area contributed by atoms with Crippen LogP contribution in [0.5, 0.6) is 0 Å². The standard InChI is InChI=1S/C14H20N4O5S/c19-14(11-4-6-15-7-5-11)16-8-9-17-24(22,23)13-3-1-2-12(10-13)18(20)21/h1-3,10-11,15,17H,4-9H2,(H,16,19). The predicted octanol–water partition coefficient (Wildman–Crippen LogP) is -0.0111. The Labute approximate surface area is 140 Å². The van der Waals surface area contributed by atoms with E-state index < -0.39 is 14.9 Å². The number of carbonyl (C=O) groups is 1. The molecule has 9 nitrogen and oxygen atoms in total. The molecule has 132 valence electrons. The van der Waals surface area contributed by atoms with E-state index in [0.29, 0.717) is 0 Å². The molecule has 1 heterocycles. The van der Waals surface area contributed by atoms with Gasteiger partial charge in [-0.1, -0.05) is 6.07 Å². The van der Waals surface area contributed by atoms with E-state index in [1.54, 1.807) is 0 Å². The molecule has 1 aromatic carbocycles. The van der Waals surface area contributed by atoms with E-state index >= 15 is 0 Å². The molecule has 0 aromatic heterocycles. The minimum atomic E-state index is -3.85. The SMILES string of the molecule is O=C(NCCNS(=O)(=O)c1cccc([N+](=O)[O-])c1)C1CCNCC1. The van der Waals surface area contributed by atoms with Gasteiger partial charge in [-0.25, -0.2) is 13.1 Å². The molecule has 1 fully saturated rings. The number of amides is 1. The van der Waals surface area contributed by atoms with Crippen molar-refractivity contribution in [3.05, 3.63) is 34.4 Å². The average molecular weight is 356 g/mol. The summed E-state index contributed by atoms with van der Waals surface area (Å²) >= 11 is 0. The zero-order valence-electron chi connectivity index (χ0n) is 13.0. The fourth-order valence-corrected chi connectivity index (χ4v) is 3.52. The summed E-state index contributed by atoms with van der Waals surface area (Å²) in [6.45, 7) is 1.79. The molecule has 10 heteroatoms. The van der Waals surface area contributed by atoms with Gasteiger partial charge < -0.3 is 10.6 Å². The molecule has 1 amide bonds. The lowest BCUT2D eigenvalue weighted by Gasteiger charge is -2.21. The second kappa shape index (κ2) is 8.18. The Balaban J connectivity index is 1.83. The van der Waals surface area contributed by atoms with Gasteiger partial charge in [0.25, 0.3) is 5.69 Å². The maximum Gasteiger partial charge on any atom is 0.270 e. The Kier molecular flexibility index (Phi) is 6.23. The first kappa shape index (κ1) is 18.3. The number of hydrogen-bond acceptors (Lipinski definition) is 6. The number of nitro groups is 1. The Bertz CT molecular complexity index is 701. The number of rotatable bonds is 7. The quantitative estimate of drug-likeness (QED) is 0.358. The lowest BCUT2D eigenvalue weighted by atomic mass is 9.97. The molecule has 1 aliphatic heterocycles. The Morgan fingerprint density at radius 2 is 2.00 bits per heavy atom. The van der Waals surface area contributed by atoms with E-state index in [1.807, 2.05) is 0 Å². The molecule has 0 radical (unpaired) electrons. The van der Waals surface area contributed by atoms with Gasteiger partial charge in [0, 0.05) is 31.1 Å². The summed E-state index contributed by atoms with van der Waals surface area (Å²) in [6.07, 6.45) is 1.54. The summed E-state index contributed by atoms with van der Waals surface area (Å²) in [5, 5.41) is 16.6. The largest absolute Gasteiger partial charge is 0.355 e. The fourth-order valence-electron chi connectivity index (χ4n) is 2.45. The molecule has 0 atom stereocenters. The summed E-state index contributed by atoms with van der Waals surface area (Å²) in [4.78, 5) is 21.8. The van der Waals surface area contributed by atoms with Gasteiger partial charge in [0.05, 0.1) is 9.82 Å². The second-order valence-electron chi connectivity index (χ2n) is 5.47. The van der Waals surface area contributed by atoms with Gasteiger partial charge in [0.15, 0.2) is 0 Å². The van der Waals surface area contributed by atoms with Crippen LogP contribution in [0.15, 0.2) is 29.2 Å². The van der Waals surface area contributed by atoms with Crippen molar-refractivity contribution < 1.29 is 18.1 Å². The van der Waals surface area contributed by atoms with E-state index in [2.05, 4.69) is 15.4 Å². The first-order chi connectivity index (χ1) is 11.4. The third-order valence-corrected chi connectivity index (χ3v) is 5.22. The van der Waals surface area contributed by atoms with Crippen LogP contribution in [0, 0.1) is 16.0 Å². The van der Waals surface area contributed by atoms with E-state index in [0.717, 1.165) is 32.0 Å².